The van der Waals surface area contributed by atoms with E-state index in [1.165, 1.54) is 10.6 Å². The van der Waals surface area contributed by atoms with Crippen LogP contribution in [0.15, 0.2) is 59.7 Å². The first-order chi connectivity index (χ1) is 12.2. The molecule has 0 N–H and O–H groups in total. The van der Waals surface area contributed by atoms with E-state index in [2.05, 4.69) is 4.98 Å². The van der Waals surface area contributed by atoms with Crippen molar-refractivity contribution in [3.8, 4) is 0 Å². The monoisotopic (exact) mass is 335 g/mol. The molecule has 3 heterocycles. The van der Waals surface area contributed by atoms with Crippen LogP contribution in [-0.4, -0.2) is 35.1 Å². The Morgan fingerprint density at radius 3 is 2.84 bits per heavy atom. The highest BCUT2D eigenvalue weighted by Gasteiger charge is 2.30. The fourth-order valence-corrected chi connectivity index (χ4v) is 3.23. The Labute approximate surface area is 144 Å². The van der Waals surface area contributed by atoms with Gasteiger partial charge in [0.1, 0.15) is 11.2 Å². The van der Waals surface area contributed by atoms with E-state index in [9.17, 15) is 9.59 Å². The number of carbonyl (C=O) groups is 1. The number of pyridine rings is 1. The molecule has 1 aromatic carbocycles. The number of amides is 1. The van der Waals surface area contributed by atoms with Crippen LogP contribution in [0.1, 0.15) is 15.9 Å². The Kier molecular flexibility index (Phi) is 3.82. The maximum Gasteiger partial charge on any atom is 0.270 e. The standard InChI is InChI=1S/C19H17N3O3/c1-25-14-10-13-6-2-3-7-16(13)22(12-14)19(24)15-11-20-17-8-4-5-9-21(17)18(15)23/h2-9,11,14H,10,12H2,1H3. The van der Waals surface area contributed by atoms with Gasteiger partial charge in [0.05, 0.1) is 12.6 Å². The summed E-state index contributed by atoms with van der Waals surface area (Å²) in [4.78, 5) is 31.7. The molecule has 0 radical (unpaired) electrons. The number of benzene rings is 1. The van der Waals surface area contributed by atoms with Gasteiger partial charge in [-0.3, -0.25) is 14.0 Å². The molecule has 1 unspecified atom stereocenters. The molecule has 0 aliphatic carbocycles. The summed E-state index contributed by atoms with van der Waals surface area (Å²) in [6.45, 7) is 0.406. The summed E-state index contributed by atoms with van der Waals surface area (Å²) in [5, 5.41) is 0. The summed E-state index contributed by atoms with van der Waals surface area (Å²) < 4.78 is 6.86. The van der Waals surface area contributed by atoms with Crippen LogP contribution in [0.2, 0.25) is 0 Å². The molecule has 1 atom stereocenters. The van der Waals surface area contributed by atoms with Gasteiger partial charge < -0.3 is 9.64 Å². The largest absolute Gasteiger partial charge is 0.379 e. The van der Waals surface area contributed by atoms with Crippen molar-refractivity contribution in [2.45, 2.75) is 12.5 Å². The lowest BCUT2D eigenvalue weighted by Gasteiger charge is -2.33. The van der Waals surface area contributed by atoms with Crippen molar-refractivity contribution in [1.82, 2.24) is 9.38 Å². The average molecular weight is 335 g/mol. The van der Waals surface area contributed by atoms with Crippen molar-refractivity contribution in [2.75, 3.05) is 18.6 Å². The van der Waals surface area contributed by atoms with E-state index >= 15 is 0 Å². The first kappa shape index (κ1) is 15.5. The second kappa shape index (κ2) is 6.14. The van der Waals surface area contributed by atoms with E-state index in [1.807, 2.05) is 24.3 Å². The van der Waals surface area contributed by atoms with Gasteiger partial charge in [0.2, 0.25) is 0 Å². The number of nitrogens with zero attached hydrogens (tertiary/aromatic N) is 3. The molecule has 2 aromatic heterocycles. The van der Waals surface area contributed by atoms with Crippen molar-refractivity contribution < 1.29 is 9.53 Å². The molecular formula is C19H17N3O3. The molecule has 6 heteroatoms. The molecule has 0 bridgehead atoms. The van der Waals surface area contributed by atoms with Crippen LogP contribution in [0.5, 0.6) is 0 Å². The number of aromatic nitrogens is 2. The number of fused-ring (bicyclic) bond motifs is 2. The van der Waals surface area contributed by atoms with Crippen molar-refractivity contribution in [1.29, 1.82) is 0 Å². The summed E-state index contributed by atoms with van der Waals surface area (Å²) in [7, 11) is 1.63. The van der Waals surface area contributed by atoms with Crippen molar-refractivity contribution in [3.05, 3.63) is 76.3 Å². The van der Waals surface area contributed by atoms with Gasteiger partial charge in [0.15, 0.2) is 0 Å². The van der Waals surface area contributed by atoms with Crippen LogP contribution in [-0.2, 0) is 11.2 Å². The molecule has 6 nitrogen and oxygen atoms in total. The minimum atomic E-state index is -0.368. The highest BCUT2D eigenvalue weighted by atomic mass is 16.5. The first-order valence-electron chi connectivity index (χ1n) is 8.08. The van der Waals surface area contributed by atoms with E-state index in [1.54, 1.807) is 36.4 Å². The summed E-state index contributed by atoms with van der Waals surface area (Å²) in [6.07, 6.45) is 3.61. The minimum absolute atomic E-state index is 0.0512. The zero-order valence-corrected chi connectivity index (χ0v) is 13.8. The van der Waals surface area contributed by atoms with E-state index in [0.29, 0.717) is 12.2 Å². The molecule has 25 heavy (non-hydrogen) atoms. The van der Waals surface area contributed by atoms with Crippen molar-refractivity contribution in [3.63, 3.8) is 0 Å². The molecule has 0 saturated carbocycles. The molecule has 126 valence electrons. The zero-order valence-electron chi connectivity index (χ0n) is 13.8. The van der Waals surface area contributed by atoms with E-state index in [4.69, 9.17) is 4.74 Å². The minimum Gasteiger partial charge on any atom is -0.379 e. The Morgan fingerprint density at radius 1 is 1.20 bits per heavy atom. The number of methoxy groups -OCH3 is 1. The Balaban J connectivity index is 1.81. The lowest BCUT2D eigenvalue weighted by atomic mass is 9.99. The maximum absolute atomic E-state index is 13.1. The van der Waals surface area contributed by atoms with Crippen molar-refractivity contribution >= 4 is 17.2 Å². The summed E-state index contributed by atoms with van der Waals surface area (Å²) in [5.74, 6) is -0.357. The van der Waals surface area contributed by atoms with Crippen molar-refractivity contribution in [2.24, 2.45) is 0 Å². The lowest BCUT2D eigenvalue weighted by Crippen LogP contribution is -2.45. The van der Waals surface area contributed by atoms with Gasteiger partial charge in [-0.05, 0) is 23.8 Å². The maximum atomic E-state index is 13.1. The van der Waals surface area contributed by atoms with Gasteiger partial charge in [0.25, 0.3) is 11.5 Å². The number of hydrogen-bond donors (Lipinski definition) is 0. The number of rotatable bonds is 2. The van der Waals surface area contributed by atoms with Crippen LogP contribution in [0.25, 0.3) is 5.65 Å². The molecule has 0 fully saturated rings. The fraction of sp³-hybridized carbons (Fsp3) is 0.211. The van der Waals surface area contributed by atoms with Gasteiger partial charge in [-0.2, -0.15) is 0 Å². The van der Waals surface area contributed by atoms with Crippen LogP contribution in [0, 0.1) is 0 Å². The highest BCUT2D eigenvalue weighted by molar-refractivity contribution is 6.06. The van der Waals surface area contributed by atoms with Crippen LogP contribution >= 0.6 is 0 Å². The predicted octanol–water partition coefficient (Wildman–Crippen LogP) is 1.91. The second-order valence-electron chi connectivity index (χ2n) is 6.01. The summed E-state index contributed by atoms with van der Waals surface area (Å²) in [6, 6.07) is 13.0. The predicted molar refractivity (Wildman–Crippen MR) is 94.1 cm³/mol. The molecule has 4 rings (SSSR count). The van der Waals surface area contributed by atoms with E-state index < -0.39 is 0 Å². The SMILES string of the molecule is COC1Cc2ccccc2N(C(=O)c2cnc3ccccn3c2=O)C1. The highest BCUT2D eigenvalue weighted by Crippen LogP contribution is 2.28. The first-order valence-corrected chi connectivity index (χ1v) is 8.08. The van der Waals surface area contributed by atoms with Gasteiger partial charge in [-0.15, -0.1) is 0 Å². The third-order valence-electron chi connectivity index (χ3n) is 4.54. The third-order valence-corrected chi connectivity index (χ3v) is 4.54. The normalized spacial score (nSPS) is 16.7. The Morgan fingerprint density at radius 2 is 2.00 bits per heavy atom. The van der Waals surface area contributed by atoms with E-state index in [0.717, 1.165) is 17.7 Å². The van der Waals surface area contributed by atoms with Gasteiger partial charge in [-0.1, -0.05) is 24.3 Å². The number of hydrogen-bond acceptors (Lipinski definition) is 4. The quantitative estimate of drug-likeness (QED) is 0.718. The molecular weight excluding hydrogens is 318 g/mol. The molecule has 3 aromatic rings. The van der Waals surface area contributed by atoms with Gasteiger partial charge in [0, 0.05) is 31.6 Å². The van der Waals surface area contributed by atoms with Gasteiger partial charge >= 0.3 is 0 Å². The summed E-state index contributed by atoms with van der Waals surface area (Å²) in [5.41, 5.74) is 2.04. The lowest BCUT2D eigenvalue weighted by molar-refractivity contribution is 0.0869. The van der Waals surface area contributed by atoms with Crippen LogP contribution in [0.3, 0.4) is 0 Å². The molecule has 0 spiro atoms. The smallest absolute Gasteiger partial charge is 0.270 e. The number of ether oxygens (including phenoxy) is 1. The number of carbonyl (C=O) groups excluding carboxylic acids is 1. The topological polar surface area (TPSA) is 63.9 Å². The summed E-state index contributed by atoms with van der Waals surface area (Å²) >= 11 is 0. The number of para-hydroxylation sites is 1. The molecule has 0 saturated heterocycles. The van der Waals surface area contributed by atoms with Crippen LogP contribution < -0.4 is 10.5 Å². The fourth-order valence-electron chi connectivity index (χ4n) is 3.23. The van der Waals surface area contributed by atoms with Gasteiger partial charge in [-0.25, -0.2) is 4.98 Å². The van der Waals surface area contributed by atoms with E-state index in [-0.39, 0.29) is 23.1 Å². The zero-order chi connectivity index (χ0) is 17.4. The number of anilines is 1. The molecule has 1 aliphatic heterocycles. The second-order valence-corrected chi connectivity index (χ2v) is 6.01. The Bertz CT molecular complexity index is 1010. The molecule has 1 amide bonds. The molecule has 1 aliphatic rings. The van der Waals surface area contributed by atoms with Crippen LogP contribution in [0.4, 0.5) is 5.69 Å². The third kappa shape index (κ3) is 2.60. The average Bonchev–Trinajstić information content (AvgIpc) is 2.67. The Hall–Kier alpha value is -2.99.